The van der Waals surface area contributed by atoms with Gasteiger partial charge in [-0.3, -0.25) is 9.36 Å². The Labute approximate surface area is 158 Å². The number of piperidine rings is 1. The van der Waals surface area contributed by atoms with Gasteiger partial charge in [0.2, 0.25) is 0 Å². The Balaban J connectivity index is 1.78. The quantitative estimate of drug-likeness (QED) is 0.684. The summed E-state index contributed by atoms with van der Waals surface area (Å²) in [4.78, 5) is 31.2. The minimum absolute atomic E-state index is 0.00580. The van der Waals surface area contributed by atoms with Gasteiger partial charge in [-0.25, -0.2) is 9.78 Å². The maximum absolute atomic E-state index is 12.8. The van der Waals surface area contributed by atoms with E-state index in [1.807, 2.05) is 33.8 Å². The first kappa shape index (κ1) is 18.4. The second-order valence-electron chi connectivity index (χ2n) is 7.42. The summed E-state index contributed by atoms with van der Waals surface area (Å²) in [6.07, 6.45) is 2.76. The molecule has 0 radical (unpaired) electrons. The standard InChI is InChI=1S/C17H22BrN3O3S/c1-10-7-11(5-6-20(10)16(23)24-17(2,3)4)21-9-19-12-8-13(18)25-14(12)15(21)22/h8-11H,5-7H2,1-4H3. The van der Waals surface area contributed by atoms with Crippen LogP contribution in [0.4, 0.5) is 4.79 Å². The van der Waals surface area contributed by atoms with Gasteiger partial charge in [0.1, 0.15) is 10.3 Å². The Kier molecular flexibility index (Phi) is 4.94. The molecule has 25 heavy (non-hydrogen) atoms. The molecule has 1 amide bonds. The minimum Gasteiger partial charge on any atom is -0.444 e. The van der Waals surface area contributed by atoms with Crippen LogP contribution in [0.5, 0.6) is 0 Å². The van der Waals surface area contributed by atoms with Crippen LogP contribution in [0.25, 0.3) is 10.2 Å². The number of carbonyl (C=O) groups excluding carboxylic acids is 1. The van der Waals surface area contributed by atoms with Gasteiger partial charge in [0, 0.05) is 18.6 Å². The first-order valence-corrected chi connectivity index (χ1v) is 9.92. The van der Waals surface area contributed by atoms with Crippen molar-refractivity contribution in [2.24, 2.45) is 0 Å². The molecule has 0 N–H and O–H groups in total. The molecule has 8 heteroatoms. The lowest BCUT2D eigenvalue weighted by atomic mass is 9.98. The lowest BCUT2D eigenvalue weighted by Gasteiger charge is -2.38. The normalized spacial score (nSPS) is 21.6. The number of fused-ring (bicyclic) bond motifs is 1. The highest BCUT2D eigenvalue weighted by Gasteiger charge is 2.33. The van der Waals surface area contributed by atoms with E-state index in [0.717, 1.165) is 9.30 Å². The molecule has 2 atom stereocenters. The summed E-state index contributed by atoms with van der Waals surface area (Å²) in [5.41, 5.74) is 0.201. The molecule has 1 saturated heterocycles. The molecular formula is C17H22BrN3O3S. The van der Waals surface area contributed by atoms with Gasteiger partial charge in [0.15, 0.2) is 0 Å². The largest absolute Gasteiger partial charge is 0.444 e. The van der Waals surface area contributed by atoms with E-state index < -0.39 is 5.60 Å². The van der Waals surface area contributed by atoms with E-state index in [4.69, 9.17) is 4.74 Å². The first-order valence-electron chi connectivity index (χ1n) is 8.31. The van der Waals surface area contributed by atoms with Crippen molar-refractivity contribution in [3.8, 4) is 0 Å². The monoisotopic (exact) mass is 427 g/mol. The van der Waals surface area contributed by atoms with Crippen LogP contribution in [0, 0.1) is 0 Å². The third-order valence-electron chi connectivity index (χ3n) is 4.30. The summed E-state index contributed by atoms with van der Waals surface area (Å²) in [6.45, 7) is 8.15. The molecule has 0 spiro atoms. The topological polar surface area (TPSA) is 64.4 Å². The zero-order valence-electron chi connectivity index (χ0n) is 14.8. The minimum atomic E-state index is -0.508. The molecule has 2 unspecified atom stereocenters. The molecule has 1 fully saturated rings. The van der Waals surface area contributed by atoms with Crippen LogP contribution in [-0.4, -0.2) is 38.7 Å². The fraction of sp³-hybridized carbons (Fsp3) is 0.588. The lowest BCUT2D eigenvalue weighted by Crippen LogP contribution is -2.48. The molecule has 3 heterocycles. The van der Waals surface area contributed by atoms with Crippen LogP contribution >= 0.6 is 27.3 Å². The number of rotatable bonds is 1. The average Bonchev–Trinajstić information content (AvgIpc) is 2.87. The summed E-state index contributed by atoms with van der Waals surface area (Å²) < 4.78 is 8.76. The summed E-state index contributed by atoms with van der Waals surface area (Å²) in [5.74, 6) is 0. The van der Waals surface area contributed by atoms with Gasteiger partial charge in [-0.15, -0.1) is 11.3 Å². The van der Waals surface area contributed by atoms with Gasteiger partial charge in [-0.2, -0.15) is 0 Å². The molecule has 0 aliphatic carbocycles. The molecule has 6 nitrogen and oxygen atoms in total. The number of hydrogen-bond acceptors (Lipinski definition) is 5. The molecule has 0 aromatic carbocycles. The molecule has 2 aromatic rings. The Morgan fingerprint density at radius 2 is 2.16 bits per heavy atom. The second-order valence-corrected chi connectivity index (χ2v) is 9.85. The van der Waals surface area contributed by atoms with Gasteiger partial charge in [0.25, 0.3) is 5.56 Å². The predicted molar refractivity (Wildman–Crippen MR) is 102 cm³/mol. The third kappa shape index (κ3) is 3.89. The maximum atomic E-state index is 12.8. The number of aromatic nitrogens is 2. The van der Waals surface area contributed by atoms with Crippen molar-refractivity contribution >= 4 is 43.6 Å². The number of nitrogens with zero attached hydrogens (tertiary/aromatic N) is 3. The fourth-order valence-corrected chi connectivity index (χ4v) is 4.62. The molecule has 1 aliphatic heterocycles. The Hall–Kier alpha value is -1.41. The van der Waals surface area contributed by atoms with Crippen molar-refractivity contribution in [2.75, 3.05) is 6.54 Å². The smallest absolute Gasteiger partial charge is 0.410 e. The molecule has 2 aromatic heterocycles. The van der Waals surface area contributed by atoms with Gasteiger partial charge in [-0.05, 0) is 62.5 Å². The average molecular weight is 428 g/mol. The zero-order valence-corrected chi connectivity index (χ0v) is 17.2. The van der Waals surface area contributed by atoms with E-state index in [0.29, 0.717) is 24.1 Å². The number of likely N-dealkylation sites (tertiary alicyclic amines) is 1. The maximum Gasteiger partial charge on any atom is 0.410 e. The SMILES string of the molecule is CC1CC(n2cnc3cc(Br)sc3c2=O)CCN1C(=O)OC(C)(C)C. The van der Waals surface area contributed by atoms with Crippen molar-refractivity contribution in [2.45, 2.75) is 58.2 Å². The number of halogens is 1. The number of hydrogen-bond donors (Lipinski definition) is 0. The molecular weight excluding hydrogens is 406 g/mol. The van der Waals surface area contributed by atoms with Gasteiger partial charge in [-0.1, -0.05) is 0 Å². The summed E-state index contributed by atoms with van der Waals surface area (Å²) in [6, 6.07) is 1.91. The van der Waals surface area contributed by atoms with Crippen molar-refractivity contribution in [1.82, 2.24) is 14.5 Å². The van der Waals surface area contributed by atoms with Crippen molar-refractivity contribution in [3.05, 3.63) is 26.5 Å². The van der Waals surface area contributed by atoms with Crippen LogP contribution < -0.4 is 5.56 Å². The molecule has 136 valence electrons. The summed E-state index contributed by atoms with van der Waals surface area (Å²) in [7, 11) is 0. The van der Waals surface area contributed by atoms with Crippen molar-refractivity contribution in [3.63, 3.8) is 0 Å². The molecule has 0 saturated carbocycles. The van der Waals surface area contributed by atoms with E-state index in [1.54, 1.807) is 15.8 Å². The van der Waals surface area contributed by atoms with Gasteiger partial charge >= 0.3 is 6.09 Å². The first-order chi connectivity index (χ1) is 11.7. The summed E-state index contributed by atoms with van der Waals surface area (Å²) in [5, 5.41) is 0. The molecule has 3 rings (SSSR count). The van der Waals surface area contributed by atoms with E-state index in [9.17, 15) is 9.59 Å². The Bertz CT molecular complexity index is 855. The van der Waals surface area contributed by atoms with E-state index in [-0.39, 0.29) is 23.7 Å². The van der Waals surface area contributed by atoms with Crippen molar-refractivity contribution < 1.29 is 9.53 Å². The predicted octanol–water partition coefficient (Wildman–Crippen LogP) is 4.18. The zero-order chi connectivity index (χ0) is 18.4. The number of thiophene rings is 1. The van der Waals surface area contributed by atoms with Crippen LogP contribution in [0.1, 0.15) is 46.6 Å². The highest BCUT2D eigenvalue weighted by molar-refractivity contribution is 9.11. The highest BCUT2D eigenvalue weighted by Crippen LogP contribution is 2.29. The Morgan fingerprint density at radius 1 is 1.44 bits per heavy atom. The molecule has 0 bridgehead atoms. The van der Waals surface area contributed by atoms with Crippen LogP contribution in [0.3, 0.4) is 0 Å². The van der Waals surface area contributed by atoms with Crippen LogP contribution in [0.2, 0.25) is 0 Å². The van der Waals surface area contributed by atoms with Crippen LogP contribution in [-0.2, 0) is 4.74 Å². The fourth-order valence-electron chi connectivity index (χ4n) is 3.15. The van der Waals surface area contributed by atoms with Crippen LogP contribution in [0.15, 0.2) is 21.0 Å². The second kappa shape index (κ2) is 6.72. The number of amides is 1. The van der Waals surface area contributed by atoms with Crippen molar-refractivity contribution in [1.29, 1.82) is 0 Å². The summed E-state index contributed by atoms with van der Waals surface area (Å²) >= 11 is 4.81. The third-order valence-corrected chi connectivity index (χ3v) is 5.92. The van der Waals surface area contributed by atoms with E-state index in [2.05, 4.69) is 20.9 Å². The highest BCUT2D eigenvalue weighted by atomic mass is 79.9. The van der Waals surface area contributed by atoms with E-state index >= 15 is 0 Å². The lowest BCUT2D eigenvalue weighted by molar-refractivity contribution is 0.00770. The number of ether oxygens (including phenoxy) is 1. The number of carbonyl (C=O) groups is 1. The van der Waals surface area contributed by atoms with E-state index in [1.165, 1.54) is 11.3 Å². The Morgan fingerprint density at radius 3 is 2.80 bits per heavy atom. The van der Waals surface area contributed by atoms with Gasteiger partial charge in [0.05, 0.1) is 15.6 Å². The van der Waals surface area contributed by atoms with Gasteiger partial charge < -0.3 is 9.64 Å². The molecule has 1 aliphatic rings.